The molecule has 1 spiro atoms. The van der Waals surface area contributed by atoms with E-state index in [1.165, 1.54) is 19.4 Å². The van der Waals surface area contributed by atoms with Gasteiger partial charge in [-0.15, -0.1) is 0 Å². The van der Waals surface area contributed by atoms with Crippen molar-refractivity contribution >= 4 is 17.8 Å². The van der Waals surface area contributed by atoms with Gasteiger partial charge in [-0.05, 0) is 57.1 Å². The van der Waals surface area contributed by atoms with E-state index in [1.54, 1.807) is 0 Å². The lowest BCUT2D eigenvalue weighted by atomic mass is 9.84. The molecule has 0 unspecified atom stereocenters. The van der Waals surface area contributed by atoms with Crippen molar-refractivity contribution in [2.75, 3.05) is 19.6 Å². The number of hydrogen-bond acceptors (Lipinski definition) is 5. The average Bonchev–Trinajstić information content (AvgIpc) is 3.56. The highest BCUT2D eigenvalue weighted by Crippen LogP contribution is 2.41. The number of carbonyl (C=O) groups is 3. The largest absolute Gasteiger partial charge is 0.490 e. The van der Waals surface area contributed by atoms with Crippen LogP contribution in [0.25, 0.3) is 0 Å². The van der Waals surface area contributed by atoms with Gasteiger partial charge in [0.25, 0.3) is 0 Å². The molecule has 3 fully saturated rings. The Kier molecular flexibility index (Phi) is 9.91. The summed E-state index contributed by atoms with van der Waals surface area (Å²) in [5, 5.41) is 14.2. The van der Waals surface area contributed by atoms with Crippen LogP contribution in [0.3, 0.4) is 0 Å². The SMILES string of the molecule is Cc1cccc(CN2C(=O)CCC23CCN(CC2CC2)CC3)n1.O=C(O)C(F)(F)F.O=C(O)C(F)(F)F. The summed E-state index contributed by atoms with van der Waals surface area (Å²) in [5.41, 5.74) is 2.16. The quantitative estimate of drug-likeness (QED) is 0.554. The maximum atomic E-state index is 12.5. The number of likely N-dealkylation sites (tertiary alicyclic amines) is 2. The zero-order valence-electron chi connectivity index (χ0n) is 20.1. The van der Waals surface area contributed by atoms with E-state index in [4.69, 9.17) is 19.8 Å². The van der Waals surface area contributed by atoms with Gasteiger partial charge < -0.3 is 20.0 Å². The normalized spacial score (nSPS) is 19.5. The number of hydrogen-bond donors (Lipinski definition) is 2. The van der Waals surface area contributed by atoms with Gasteiger partial charge in [0.2, 0.25) is 5.91 Å². The summed E-state index contributed by atoms with van der Waals surface area (Å²) in [7, 11) is 0. The van der Waals surface area contributed by atoms with Crippen LogP contribution < -0.4 is 0 Å². The Morgan fingerprint density at radius 2 is 1.51 bits per heavy atom. The third-order valence-electron chi connectivity index (χ3n) is 6.43. The van der Waals surface area contributed by atoms with E-state index in [2.05, 4.69) is 20.9 Å². The van der Waals surface area contributed by atoms with Gasteiger partial charge in [-0.2, -0.15) is 26.3 Å². The minimum Gasteiger partial charge on any atom is -0.475 e. The molecule has 37 heavy (non-hydrogen) atoms. The molecule has 3 heterocycles. The fourth-order valence-corrected chi connectivity index (χ4v) is 4.32. The van der Waals surface area contributed by atoms with E-state index in [-0.39, 0.29) is 5.54 Å². The number of alkyl halides is 6. The molecule has 208 valence electrons. The highest BCUT2D eigenvalue weighted by atomic mass is 19.4. The van der Waals surface area contributed by atoms with E-state index in [9.17, 15) is 31.1 Å². The molecule has 2 N–H and O–H groups in total. The molecule has 0 bridgehead atoms. The first-order chi connectivity index (χ1) is 17.0. The zero-order chi connectivity index (χ0) is 28.0. The maximum Gasteiger partial charge on any atom is 0.490 e. The number of aryl methyl sites for hydroxylation is 1. The number of halogens is 6. The van der Waals surface area contributed by atoms with Crippen molar-refractivity contribution < 1.29 is 50.9 Å². The molecule has 0 aromatic carbocycles. The van der Waals surface area contributed by atoms with Crippen LogP contribution in [0.2, 0.25) is 0 Å². The van der Waals surface area contributed by atoms with E-state index in [1.807, 2.05) is 19.1 Å². The van der Waals surface area contributed by atoms with Gasteiger partial charge in [0.05, 0.1) is 12.2 Å². The first kappa shape index (κ1) is 30.3. The van der Waals surface area contributed by atoms with Gasteiger partial charge in [0.15, 0.2) is 0 Å². The number of amides is 1. The Bertz CT molecular complexity index is 933. The number of pyridine rings is 1. The first-order valence-corrected chi connectivity index (χ1v) is 11.6. The van der Waals surface area contributed by atoms with Crippen LogP contribution in [0.1, 0.15) is 49.9 Å². The summed E-state index contributed by atoms with van der Waals surface area (Å²) < 4.78 is 63.5. The summed E-state index contributed by atoms with van der Waals surface area (Å²) in [6, 6.07) is 6.11. The number of nitrogens with zero attached hydrogens (tertiary/aromatic N) is 3. The maximum absolute atomic E-state index is 12.5. The fourth-order valence-electron chi connectivity index (χ4n) is 4.32. The lowest BCUT2D eigenvalue weighted by Gasteiger charge is -2.45. The number of piperidine rings is 1. The molecule has 0 radical (unpaired) electrons. The Morgan fingerprint density at radius 1 is 1.00 bits per heavy atom. The van der Waals surface area contributed by atoms with Crippen molar-refractivity contribution in [2.24, 2.45) is 5.92 Å². The predicted octanol–water partition coefficient (Wildman–Crippen LogP) is 4.02. The minimum atomic E-state index is -5.08. The van der Waals surface area contributed by atoms with Crippen LogP contribution in [-0.4, -0.2) is 80.4 Å². The number of aliphatic carboxylic acids is 2. The molecule has 2 saturated heterocycles. The third-order valence-corrected chi connectivity index (χ3v) is 6.43. The van der Waals surface area contributed by atoms with E-state index in [0.29, 0.717) is 18.9 Å². The summed E-state index contributed by atoms with van der Waals surface area (Å²) in [5.74, 6) is -4.23. The van der Waals surface area contributed by atoms with E-state index >= 15 is 0 Å². The Labute approximate surface area is 209 Å². The highest BCUT2D eigenvalue weighted by molar-refractivity contribution is 5.79. The number of carboxylic acids is 2. The smallest absolute Gasteiger partial charge is 0.475 e. The Hall–Kier alpha value is -2.90. The van der Waals surface area contributed by atoms with Gasteiger partial charge >= 0.3 is 24.3 Å². The fraction of sp³-hybridized carbons (Fsp3) is 0.652. The minimum absolute atomic E-state index is 0.0998. The van der Waals surface area contributed by atoms with Crippen molar-refractivity contribution in [1.29, 1.82) is 0 Å². The molecule has 2 aliphatic heterocycles. The first-order valence-electron chi connectivity index (χ1n) is 11.6. The predicted molar refractivity (Wildman–Crippen MR) is 117 cm³/mol. The lowest BCUT2D eigenvalue weighted by molar-refractivity contribution is -0.193. The lowest BCUT2D eigenvalue weighted by Crippen LogP contribution is -2.53. The molecule has 1 amide bonds. The van der Waals surface area contributed by atoms with Gasteiger partial charge in [-0.1, -0.05) is 6.07 Å². The molecule has 4 rings (SSSR count). The van der Waals surface area contributed by atoms with Gasteiger partial charge in [-0.25, -0.2) is 9.59 Å². The van der Waals surface area contributed by atoms with Crippen molar-refractivity contribution in [3.05, 3.63) is 29.6 Å². The summed E-state index contributed by atoms with van der Waals surface area (Å²) in [4.78, 5) is 39.7. The monoisotopic (exact) mass is 541 g/mol. The molecule has 1 saturated carbocycles. The zero-order valence-corrected chi connectivity index (χ0v) is 20.1. The van der Waals surface area contributed by atoms with Crippen LogP contribution >= 0.6 is 0 Å². The second kappa shape index (κ2) is 12.1. The highest BCUT2D eigenvalue weighted by Gasteiger charge is 2.47. The molecular formula is C23H29F6N3O5. The van der Waals surface area contributed by atoms with Crippen LogP contribution in [0.5, 0.6) is 0 Å². The summed E-state index contributed by atoms with van der Waals surface area (Å²) in [6.07, 6.45) is -3.30. The van der Waals surface area contributed by atoms with Crippen LogP contribution in [0, 0.1) is 12.8 Å². The number of carbonyl (C=O) groups excluding carboxylic acids is 1. The van der Waals surface area contributed by atoms with Crippen LogP contribution in [0.4, 0.5) is 26.3 Å². The standard InChI is InChI=1S/C19H27N3O.2C2HF3O2/c1-15-3-2-4-17(20-15)14-22-18(23)7-8-19(22)9-11-21(12-10-19)13-16-5-6-16;2*3-2(4,5)1(6)7/h2-4,16H,5-14H2,1H3;2*(H,6,7). The number of carboxylic acid groups (broad SMARTS) is 2. The van der Waals surface area contributed by atoms with Gasteiger partial charge in [-0.3, -0.25) is 9.78 Å². The molecular weight excluding hydrogens is 512 g/mol. The van der Waals surface area contributed by atoms with Gasteiger partial charge in [0, 0.05) is 37.3 Å². The average molecular weight is 541 g/mol. The van der Waals surface area contributed by atoms with Crippen molar-refractivity contribution in [3.8, 4) is 0 Å². The topological polar surface area (TPSA) is 111 Å². The van der Waals surface area contributed by atoms with E-state index < -0.39 is 24.3 Å². The van der Waals surface area contributed by atoms with Crippen LogP contribution in [-0.2, 0) is 20.9 Å². The second-order valence-corrected chi connectivity index (χ2v) is 9.32. The molecule has 1 aromatic heterocycles. The number of rotatable bonds is 4. The van der Waals surface area contributed by atoms with E-state index in [0.717, 1.165) is 49.7 Å². The second-order valence-electron chi connectivity index (χ2n) is 9.32. The number of aromatic nitrogens is 1. The molecule has 8 nitrogen and oxygen atoms in total. The molecule has 1 aliphatic carbocycles. The van der Waals surface area contributed by atoms with Gasteiger partial charge in [0.1, 0.15) is 0 Å². The Balaban J connectivity index is 0.000000286. The van der Waals surface area contributed by atoms with Crippen molar-refractivity contribution in [1.82, 2.24) is 14.8 Å². The van der Waals surface area contributed by atoms with Crippen molar-refractivity contribution in [3.63, 3.8) is 0 Å². The summed E-state index contributed by atoms with van der Waals surface area (Å²) >= 11 is 0. The van der Waals surface area contributed by atoms with Crippen LogP contribution in [0.15, 0.2) is 18.2 Å². The Morgan fingerprint density at radius 3 is 1.95 bits per heavy atom. The molecule has 3 aliphatic rings. The molecule has 1 aromatic rings. The van der Waals surface area contributed by atoms with Crippen molar-refractivity contribution in [2.45, 2.75) is 69.9 Å². The molecule has 0 atom stereocenters. The third kappa shape index (κ3) is 9.48. The summed E-state index contributed by atoms with van der Waals surface area (Å²) in [6.45, 7) is 6.29. The molecule has 14 heteroatoms.